The van der Waals surface area contributed by atoms with E-state index < -0.39 is 5.60 Å². The van der Waals surface area contributed by atoms with Gasteiger partial charge in [0.05, 0.1) is 0 Å². The van der Waals surface area contributed by atoms with Gasteiger partial charge in [-0.15, -0.1) is 0 Å². The van der Waals surface area contributed by atoms with Crippen LogP contribution in [0.5, 0.6) is 0 Å². The Morgan fingerprint density at radius 3 is 2.50 bits per heavy atom. The smallest absolute Gasteiger partial charge is 0.410 e. The number of carbonyl (C=O) groups is 2. The summed E-state index contributed by atoms with van der Waals surface area (Å²) >= 11 is 5.66. The molecular weight excluding hydrogens is 282 g/mol. The first-order valence-electron chi connectivity index (χ1n) is 6.70. The van der Waals surface area contributed by atoms with Crippen molar-refractivity contribution in [2.75, 3.05) is 13.1 Å². The Morgan fingerprint density at radius 2 is 1.95 bits per heavy atom. The van der Waals surface area contributed by atoms with E-state index in [0.717, 1.165) is 6.42 Å². The van der Waals surface area contributed by atoms with Gasteiger partial charge in [-0.3, -0.25) is 4.79 Å². The van der Waals surface area contributed by atoms with Crippen LogP contribution in [0, 0.1) is 5.92 Å². The lowest BCUT2D eigenvalue weighted by molar-refractivity contribution is -0.116. The van der Waals surface area contributed by atoms with E-state index in [0.29, 0.717) is 25.9 Å². The second-order valence-electron chi connectivity index (χ2n) is 5.88. The van der Waals surface area contributed by atoms with Crippen LogP contribution in [0.15, 0.2) is 5.10 Å². The highest BCUT2D eigenvalue weighted by molar-refractivity contribution is 6.83. The predicted molar refractivity (Wildman–Crippen MR) is 77.6 cm³/mol. The van der Waals surface area contributed by atoms with Gasteiger partial charge in [0.1, 0.15) is 5.60 Å². The van der Waals surface area contributed by atoms with Gasteiger partial charge < -0.3 is 15.5 Å². The zero-order valence-corrected chi connectivity index (χ0v) is 12.9. The predicted octanol–water partition coefficient (Wildman–Crippen LogP) is 2.10. The van der Waals surface area contributed by atoms with Gasteiger partial charge in [-0.05, 0) is 40.0 Å². The minimum absolute atomic E-state index is 0.180. The molecule has 0 aromatic heterocycles. The van der Waals surface area contributed by atoms with E-state index in [-0.39, 0.29) is 23.0 Å². The van der Waals surface area contributed by atoms with Crippen LogP contribution >= 0.6 is 11.6 Å². The number of amides is 1. The number of hydrazone groups is 1. The van der Waals surface area contributed by atoms with E-state index in [1.807, 2.05) is 20.8 Å². The number of rotatable bonds is 2. The molecule has 1 heterocycles. The van der Waals surface area contributed by atoms with Gasteiger partial charge in [0.15, 0.2) is 11.0 Å². The molecule has 2 N–H and O–H groups in total. The van der Waals surface area contributed by atoms with E-state index in [4.69, 9.17) is 22.2 Å². The van der Waals surface area contributed by atoms with Crippen LogP contribution < -0.4 is 5.84 Å². The Labute approximate surface area is 124 Å². The standard InChI is InChI=1S/C13H22ClN3O3/c1-13(2,3)20-12(19)17-7-4-5-9(6-8-17)10(18)11(14)16-15/h9H,4-8,15H2,1-3H3. The lowest BCUT2D eigenvalue weighted by Crippen LogP contribution is -2.37. The number of carbonyl (C=O) groups excluding carboxylic acids is 2. The summed E-state index contributed by atoms with van der Waals surface area (Å²) in [5, 5.41) is 3.04. The summed E-state index contributed by atoms with van der Waals surface area (Å²) in [5.41, 5.74) is -0.520. The molecule has 0 radical (unpaired) electrons. The van der Waals surface area contributed by atoms with Crippen molar-refractivity contribution < 1.29 is 14.3 Å². The number of hydrogen-bond donors (Lipinski definition) is 1. The second kappa shape index (κ2) is 6.92. The zero-order chi connectivity index (χ0) is 15.3. The third-order valence-corrected chi connectivity index (χ3v) is 3.35. The first-order chi connectivity index (χ1) is 9.24. The zero-order valence-electron chi connectivity index (χ0n) is 12.2. The van der Waals surface area contributed by atoms with Gasteiger partial charge >= 0.3 is 6.09 Å². The fourth-order valence-electron chi connectivity index (χ4n) is 2.10. The Bertz CT molecular complexity index is 404. The third kappa shape index (κ3) is 5.00. The topological polar surface area (TPSA) is 85.0 Å². The lowest BCUT2D eigenvalue weighted by atomic mass is 9.96. The molecule has 0 spiro atoms. The molecule has 1 aliphatic heterocycles. The number of ketones is 1. The molecule has 0 aromatic carbocycles. The van der Waals surface area contributed by atoms with Gasteiger partial charge in [-0.25, -0.2) is 4.79 Å². The molecule has 1 saturated heterocycles. The fourth-order valence-corrected chi connectivity index (χ4v) is 2.25. The van der Waals surface area contributed by atoms with Gasteiger partial charge in [-0.1, -0.05) is 11.6 Å². The molecule has 1 atom stereocenters. The summed E-state index contributed by atoms with van der Waals surface area (Å²) in [5.74, 6) is 4.53. The van der Waals surface area contributed by atoms with E-state index in [1.54, 1.807) is 4.90 Å². The number of likely N-dealkylation sites (tertiary alicyclic amines) is 1. The van der Waals surface area contributed by atoms with Crippen LogP contribution in [0.2, 0.25) is 0 Å². The number of hydrogen-bond acceptors (Lipinski definition) is 5. The maximum absolute atomic E-state index is 12.0. The van der Waals surface area contributed by atoms with Crippen molar-refractivity contribution in [1.82, 2.24) is 4.90 Å². The molecule has 1 unspecified atom stereocenters. The summed E-state index contributed by atoms with van der Waals surface area (Å²) in [4.78, 5) is 25.5. The van der Waals surface area contributed by atoms with E-state index in [9.17, 15) is 9.59 Å². The van der Waals surface area contributed by atoms with Crippen molar-refractivity contribution in [3.8, 4) is 0 Å². The Balaban J connectivity index is 2.60. The highest BCUT2D eigenvalue weighted by Gasteiger charge is 2.29. The fraction of sp³-hybridized carbons (Fsp3) is 0.769. The molecule has 1 aliphatic rings. The monoisotopic (exact) mass is 303 g/mol. The molecule has 1 rings (SSSR count). The number of nitrogens with zero attached hydrogens (tertiary/aromatic N) is 2. The molecule has 20 heavy (non-hydrogen) atoms. The summed E-state index contributed by atoms with van der Waals surface area (Å²) in [6.45, 7) is 6.53. The highest BCUT2D eigenvalue weighted by atomic mass is 35.5. The van der Waals surface area contributed by atoms with Crippen molar-refractivity contribution in [2.45, 2.75) is 45.6 Å². The average molecular weight is 304 g/mol. The number of Topliss-reactive ketones (excluding diaryl/α,β-unsaturated/α-hetero) is 1. The maximum atomic E-state index is 12.0. The van der Waals surface area contributed by atoms with E-state index in [1.165, 1.54) is 0 Å². The van der Waals surface area contributed by atoms with Gasteiger partial charge in [0.2, 0.25) is 0 Å². The SMILES string of the molecule is CC(C)(C)OC(=O)N1CCCC(C(=O)C(Cl)=NN)CC1. The molecule has 1 fully saturated rings. The first kappa shape index (κ1) is 16.8. The van der Waals surface area contributed by atoms with Crippen LogP contribution in [-0.2, 0) is 9.53 Å². The highest BCUT2D eigenvalue weighted by Crippen LogP contribution is 2.21. The van der Waals surface area contributed by atoms with Gasteiger partial charge in [-0.2, -0.15) is 5.10 Å². The molecular formula is C13H22ClN3O3. The molecule has 114 valence electrons. The normalized spacial score (nSPS) is 21.3. The Morgan fingerprint density at radius 1 is 1.30 bits per heavy atom. The van der Waals surface area contributed by atoms with E-state index in [2.05, 4.69) is 5.10 Å². The molecule has 7 heteroatoms. The van der Waals surface area contributed by atoms with Crippen LogP contribution in [-0.4, -0.2) is 40.6 Å². The lowest BCUT2D eigenvalue weighted by Gasteiger charge is -2.26. The maximum Gasteiger partial charge on any atom is 0.410 e. The van der Waals surface area contributed by atoms with Crippen molar-refractivity contribution >= 4 is 28.6 Å². The summed E-state index contributed by atoms with van der Waals surface area (Å²) in [6, 6.07) is 0. The molecule has 0 saturated carbocycles. The summed E-state index contributed by atoms with van der Waals surface area (Å²) in [6.07, 6.45) is 1.60. The van der Waals surface area contributed by atoms with Crippen molar-refractivity contribution in [2.24, 2.45) is 16.9 Å². The molecule has 1 amide bonds. The van der Waals surface area contributed by atoms with Crippen molar-refractivity contribution in [3.63, 3.8) is 0 Å². The molecule has 6 nitrogen and oxygen atoms in total. The van der Waals surface area contributed by atoms with Gasteiger partial charge in [0, 0.05) is 19.0 Å². The summed E-state index contributed by atoms with van der Waals surface area (Å²) in [7, 11) is 0. The quantitative estimate of drug-likeness (QED) is 0.481. The number of ether oxygens (including phenoxy) is 1. The minimum atomic E-state index is -0.520. The van der Waals surface area contributed by atoms with Crippen LogP contribution in [0.4, 0.5) is 4.79 Å². The van der Waals surface area contributed by atoms with Gasteiger partial charge in [0.25, 0.3) is 0 Å². The largest absolute Gasteiger partial charge is 0.444 e. The second-order valence-corrected chi connectivity index (χ2v) is 6.24. The van der Waals surface area contributed by atoms with E-state index >= 15 is 0 Å². The first-order valence-corrected chi connectivity index (χ1v) is 7.08. The third-order valence-electron chi connectivity index (χ3n) is 3.07. The Hall–Kier alpha value is -1.30. The number of halogens is 1. The molecule has 0 aliphatic carbocycles. The average Bonchev–Trinajstić information content (AvgIpc) is 2.60. The Kier molecular flexibility index (Phi) is 5.80. The minimum Gasteiger partial charge on any atom is -0.444 e. The molecule has 0 bridgehead atoms. The molecule has 0 aromatic rings. The summed E-state index contributed by atoms with van der Waals surface area (Å²) < 4.78 is 5.33. The van der Waals surface area contributed by atoms with Crippen LogP contribution in [0.25, 0.3) is 0 Å². The number of nitrogens with two attached hydrogens (primary N) is 1. The van der Waals surface area contributed by atoms with Crippen LogP contribution in [0.1, 0.15) is 40.0 Å². The van der Waals surface area contributed by atoms with Crippen molar-refractivity contribution in [3.05, 3.63) is 0 Å². The van der Waals surface area contributed by atoms with Crippen LogP contribution in [0.3, 0.4) is 0 Å². The van der Waals surface area contributed by atoms with Crippen molar-refractivity contribution in [1.29, 1.82) is 0 Å².